The highest BCUT2D eigenvalue weighted by atomic mass is 16.5. The van der Waals surface area contributed by atoms with Gasteiger partial charge < -0.3 is 21.5 Å². The first-order chi connectivity index (χ1) is 7.13. The molecule has 0 saturated carbocycles. The molecular formula is C10H15N3O2. The molecule has 15 heavy (non-hydrogen) atoms. The van der Waals surface area contributed by atoms with E-state index < -0.39 is 6.09 Å². The van der Waals surface area contributed by atoms with Gasteiger partial charge in [0, 0.05) is 6.54 Å². The van der Waals surface area contributed by atoms with E-state index in [0.717, 1.165) is 5.56 Å². The predicted molar refractivity (Wildman–Crippen MR) is 59.1 cm³/mol. The minimum atomic E-state index is -0.437. The molecule has 0 unspecified atom stereocenters. The number of rotatable bonds is 3. The van der Waals surface area contributed by atoms with Crippen LogP contribution in [0.5, 0.6) is 0 Å². The van der Waals surface area contributed by atoms with Crippen LogP contribution in [0.2, 0.25) is 0 Å². The average molecular weight is 209 g/mol. The number of alkyl carbamates (subject to hydrolysis) is 1. The summed E-state index contributed by atoms with van der Waals surface area (Å²) in [6.45, 7) is 2.49. The summed E-state index contributed by atoms with van der Waals surface area (Å²) in [5.74, 6) is 0. The van der Waals surface area contributed by atoms with Crippen molar-refractivity contribution in [3.05, 3.63) is 23.8 Å². The Hall–Kier alpha value is -1.91. The summed E-state index contributed by atoms with van der Waals surface area (Å²) in [7, 11) is 0. The van der Waals surface area contributed by atoms with Gasteiger partial charge in [-0.2, -0.15) is 0 Å². The first-order valence-corrected chi connectivity index (χ1v) is 4.68. The number of anilines is 2. The SMILES string of the molecule is CCOC(=O)NCc1ccc(N)c(N)c1. The van der Waals surface area contributed by atoms with Crippen LogP contribution in [0.4, 0.5) is 16.2 Å². The van der Waals surface area contributed by atoms with Crippen LogP contribution in [0.3, 0.4) is 0 Å². The van der Waals surface area contributed by atoms with Gasteiger partial charge in [0.05, 0.1) is 18.0 Å². The Morgan fingerprint density at radius 1 is 1.40 bits per heavy atom. The van der Waals surface area contributed by atoms with Gasteiger partial charge in [0.25, 0.3) is 0 Å². The number of amides is 1. The van der Waals surface area contributed by atoms with Crippen LogP contribution in [-0.2, 0) is 11.3 Å². The van der Waals surface area contributed by atoms with Crippen molar-refractivity contribution in [2.24, 2.45) is 0 Å². The molecule has 0 bridgehead atoms. The Morgan fingerprint density at radius 2 is 2.13 bits per heavy atom. The molecule has 1 rings (SSSR count). The van der Waals surface area contributed by atoms with Crippen LogP contribution in [-0.4, -0.2) is 12.7 Å². The molecule has 0 aliphatic heterocycles. The fraction of sp³-hybridized carbons (Fsp3) is 0.300. The lowest BCUT2D eigenvalue weighted by molar-refractivity contribution is 0.151. The van der Waals surface area contributed by atoms with Gasteiger partial charge >= 0.3 is 6.09 Å². The van der Waals surface area contributed by atoms with E-state index in [1.165, 1.54) is 0 Å². The molecule has 5 nitrogen and oxygen atoms in total. The van der Waals surface area contributed by atoms with Crippen molar-refractivity contribution >= 4 is 17.5 Å². The summed E-state index contributed by atoms with van der Waals surface area (Å²) in [6, 6.07) is 5.23. The predicted octanol–water partition coefficient (Wildman–Crippen LogP) is 1.10. The molecule has 0 aliphatic carbocycles. The second-order valence-electron chi connectivity index (χ2n) is 3.04. The standard InChI is InChI=1S/C10H15N3O2/c1-2-15-10(14)13-6-7-3-4-8(11)9(12)5-7/h3-5H,2,6,11-12H2,1H3,(H,13,14). The number of hydrogen-bond acceptors (Lipinski definition) is 4. The lowest BCUT2D eigenvalue weighted by Crippen LogP contribution is -2.23. The van der Waals surface area contributed by atoms with E-state index in [4.69, 9.17) is 16.2 Å². The quantitative estimate of drug-likeness (QED) is 0.650. The van der Waals surface area contributed by atoms with Gasteiger partial charge in [-0.3, -0.25) is 0 Å². The molecule has 1 aromatic carbocycles. The minimum Gasteiger partial charge on any atom is -0.450 e. The van der Waals surface area contributed by atoms with E-state index in [9.17, 15) is 4.79 Å². The zero-order valence-corrected chi connectivity index (χ0v) is 8.62. The summed E-state index contributed by atoms with van der Waals surface area (Å²) in [4.78, 5) is 11.0. The minimum absolute atomic E-state index is 0.357. The Balaban J connectivity index is 2.51. The van der Waals surface area contributed by atoms with Crippen LogP contribution in [0.25, 0.3) is 0 Å². The highest BCUT2D eigenvalue weighted by Crippen LogP contribution is 2.15. The Kier molecular flexibility index (Phi) is 3.79. The zero-order valence-electron chi connectivity index (χ0n) is 8.62. The fourth-order valence-corrected chi connectivity index (χ4v) is 1.09. The van der Waals surface area contributed by atoms with Crippen molar-refractivity contribution in [3.8, 4) is 0 Å². The maximum absolute atomic E-state index is 11.0. The van der Waals surface area contributed by atoms with Crippen molar-refractivity contribution in [2.75, 3.05) is 18.1 Å². The Bertz CT molecular complexity index is 353. The van der Waals surface area contributed by atoms with Crippen LogP contribution in [0.1, 0.15) is 12.5 Å². The third-order valence-electron chi connectivity index (χ3n) is 1.86. The van der Waals surface area contributed by atoms with Gasteiger partial charge in [-0.1, -0.05) is 6.07 Å². The van der Waals surface area contributed by atoms with Crippen LogP contribution >= 0.6 is 0 Å². The number of nitrogens with two attached hydrogens (primary N) is 2. The van der Waals surface area contributed by atoms with Crippen LogP contribution in [0.15, 0.2) is 18.2 Å². The van der Waals surface area contributed by atoms with E-state index in [1.807, 2.05) is 0 Å². The summed E-state index contributed by atoms with van der Waals surface area (Å²) < 4.78 is 4.71. The van der Waals surface area contributed by atoms with Crippen molar-refractivity contribution in [3.63, 3.8) is 0 Å². The molecule has 1 amide bonds. The molecule has 0 atom stereocenters. The molecule has 0 spiro atoms. The third-order valence-corrected chi connectivity index (χ3v) is 1.86. The average Bonchev–Trinajstić information content (AvgIpc) is 2.20. The first kappa shape index (κ1) is 11.2. The van der Waals surface area contributed by atoms with Gasteiger partial charge in [-0.15, -0.1) is 0 Å². The largest absolute Gasteiger partial charge is 0.450 e. The topological polar surface area (TPSA) is 90.4 Å². The lowest BCUT2D eigenvalue weighted by atomic mass is 10.2. The number of carbonyl (C=O) groups excluding carboxylic acids is 1. The van der Waals surface area contributed by atoms with Crippen molar-refractivity contribution < 1.29 is 9.53 Å². The number of nitrogens with one attached hydrogen (secondary N) is 1. The van der Waals surface area contributed by atoms with Crippen LogP contribution in [0, 0.1) is 0 Å². The maximum atomic E-state index is 11.0. The van der Waals surface area contributed by atoms with Gasteiger partial charge in [0.2, 0.25) is 0 Å². The molecule has 0 fully saturated rings. The molecule has 0 radical (unpaired) electrons. The highest BCUT2D eigenvalue weighted by molar-refractivity contribution is 5.68. The summed E-state index contributed by atoms with van der Waals surface area (Å²) in [5.41, 5.74) is 13.1. The molecule has 1 aromatic rings. The van der Waals surface area contributed by atoms with Crippen LogP contribution < -0.4 is 16.8 Å². The molecule has 0 aliphatic rings. The Labute approximate surface area is 88.4 Å². The second kappa shape index (κ2) is 5.09. The number of nitrogen functional groups attached to an aromatic ring is 2. The highest BCUT2D eigenvalue weighted by Gasteiger charge is 2.01. The third kappa shape index (κ3) is 3.38. The van der Waals surface area contributed by atoms with Crippen molar-refractivity contribution in [2.45, 2.75) is 13.5 Å². The fourth-order valence-electron chi connectivity index (χ4n) is 1.09. The van der Waals surface area contributed by atoms with E-state index in [2.05, 4.69) is 5.32 Å². The lowest BCUT2D eigenvalue weighted by Gasteiger charge is -2.06. The van der Waals surface area contributed by atoms with Gasteiger partial charge in [-0.25, -0.2) is 4.79 Å². The smallest absolute Gasteiger partial charge is 0.407 e. The van der Waals surface area contributed by atoms with E-state index in [-0.39, 0.29) is 0 Å². The van der Waals surface area contributed by atoms with E-state index in [0.29, 0.717) is 24.5 Å². The zero-order chi connectivity index (χ0) is 11.3. The molecule has 5 N–H and O–H groups in total. The van der Waals surface area contributed by atoms with Crippen molar-refractivity contribution in [1.82, 2.24) is 5.32 Å². The Morgan fingerprint density at radius 3 is 2.73 bits per heavy atom. The second-order valence-corrected chi connectivity index (χ2v) is 3.04. The molecule has 0 aromatic heterocycles. The number of carbonyl (C=O) groups is 1. The maximum Gasteiger partial charge on any atom is 0.407 e. The summed E-state index contributed by atoms with van der Waals surface area (Å²) in [5, 5.41) is 2.59. The van der Waals surface area contributed by atoms with Gasteiger partial charge in [-0.05, 0) is 24.6 Å². The number of benzene rings is 1. The monoisotopic (exact) mass is 209 g/mol. The van der Waals surface area contributed by atoms with E-state index in [1.54, 1.807) is 25.1 Å². The molecule has 0 saturated heterocycles. The summed E-state index contributed by atoms with van der Waals surface area (Å²) >= 11 is 0. The molecule has 82 valence electrons. The normalized spacial score (nSPS) is 9.67. The van der Waals surface area contributed by atoms with E-state index >= 15 is 0 Å². The molecular weight excluding hydrogens is 194 g/mol. The molecule has 5 heteroatoms. The summed E-state index contributed by atoms with van der Waals surface area (Å²) in [6.07, 6.45) is -0.437. The van der Waals surface area contributed by atoms with Crippen molar-refractivity contribution in [1.29, 1.82) is 0 Å². The first-order valence-electron chi connectivity index (χ1n) is 4.68. The number of hydrogen-bond donors (Lipinski definition) is 3. The molecule has 0 heterocycles. The van der Waals surface area contributed by atoms with Gasteiger partial charge in [0.1, 0.15) is 0 Å². The number of ether oxygens (including phenoxy) is 1. The van der Waals surface area contributed by atoms with Gasteiger partial charge in [0.15, 0.2) is 0 Å².